The molecule has 0 aromatic carbocycles. The van der Waals surface area contributed by atoms with E-state index >= 15 is 0 Å². The van der Waals surface area contributed by atoms with Crippen LogP contribution in [0.3, 0.4) is 0 Å². The number of carboxylic acid groups (broad SMARTS) is 1. The zero-order valence-electron chi connectivity index (χ0n) is 14.0. The molecule has 0 unspecified atom stereocenters. The van der Waals surface area contributed by atoms with Crippen LogP contribution in [-0.2, 0) is 9.53 Å². The summed E-state index contributed by atoms with van der Waals surface area (Å²) in [5.41, 5.74) is 1.28. The third kappa shape index (κ3) is 3.88. The summed E-state index contributed by atoms with van der Waals surface area (Å²) in [5, 5.41) is 9.19. The van der Waals surface area contributed by atoms with Gasteiger partial charge in [0.1, 0.15) is 5.15 Å². The number of rotatable bonds is 4. The Morgan fingerprint density at radius 3 is 2.73 bits per heavy atom. The van der Waals surface area contributed by atoms with Crippen LogP contribution in [0.5, 0.6) is 0 Å². The number of anilines is 1. The predicted octanol–water partition coefficient (Wildman–Crippen LogP) is 2.25. The topological polar surface area (TPSA) is 109 Å². The lowest BCUT2D eigenvalue weighted by molar-refractivity contribution is -0.137. The lowest BCUT2D eigenvalue weighted by Crippen LogP contribution is -2.48. The van der Waals surface area contributed by atoms with Crippen molar-refractivity contribution >= 4 is 47.0 Å². The van der Waals surface area contributed by atoms with Crippen LogP contribution >= 0.6 is 11.6 Å². The molecule has 2 aromatic heterocycles. The van der Waals surface area contributed by atoms with E-state index < -0.39 is 12.1 Å². The van der Waals surface area contributed by atoms with E-state index in [2.05, 4.69) is 9.97 Å². The summed E-state index contributed by atoms with van der Waals surface area (Å²) in [6.07, 6.45) is 1.83. The largest absolute Gasteiger partial charge is 0.465 e. The highest BCUT2D eigenvalue weighted by Crippen LogP contribution is 2.26. The number of oxazole rings is 1. The van der Waals surface area contributed by atoms with E-state index in [4.69, 9.17) is 25.9 Å². The monoisotopic (exact) mass is 380 g/mol. The van der Waals surface area contributed by atoms with Crippen LogP contribution in [0.15, 0.2) is 16.6 Å². The fraction of sp³-hybridized carbons (Fsp3) is 0.375. The molecule has 138 valence electrons. The second-order valence-electron chi connectivity index (χ2n) is 5.53. The number of pyridine rings is 1. The number of hydrogen-bond acceptors (Lipinski definition) is 7. The van der Waals surface area contributed by atoms with E-state index in [1.54, 1.807) is 13.0 Å². The van der Waals surface area contributed by atoms with Crippen molar-refractivity contribution in [3.8, 4) is 0 Å². The van der Waals surface area contributed by atoms with Crippen LogP contribution in [0.4, 0.5) is 10.8 Å². The first kappa shape index (κ1) is 18.0. The number of carbonyl (C=O) groups is 2. The number of amides is 1. The molecule has 1 saturated heterocycles. The lowest BCUT2D eigenvalue weighted by atomic mass is 10.2. The molecule has 1 N–H and O–H groups in total. The molecule has 10 heteroatoms. The highest BCUT2D eigenvalue weighted by Gasteiger charge is 2.24. The molecule has 1 aliphatic heterocycles. The van der Waals surface area contributed by atoms with Gasteiger partial charge < -0.3 is 24.1 Å². The Labute approximate surface area is 153 Å². The molecule has 0 atom stereocenters. The van der Waals surface area contributed by atoms with Crippen molar-refractivity contribution in [1.29, 1.82) is 0 Å². The molecule has 26 heavy (non-hydrogen) atoms. The fourth-order valence-corrected chi connectivity index (χ4v) is 2.73. The predicted molar refractivity (Wildman–Crippen MR) is 94.3 cm³/mol. The molecular formula is C16H17ClN4O5. The normalized spacial score (nSPS) is 15.0. The van der Waals surface area contributed by atoms with Gasteiger partial charge in [-0.05, 0) is 19.1 Å². The standard InChI is InChI=1S/C16H17ClN4O5/c1-2-25-12(22)4-3-10-9-11-14(18-13(10)17)19-15(26-11)20-5-7-21(8-6-20)16(23)24/h3-4,9H,2,5-8H2,1H3,(H,23,24)/b4-3+. The van der Waals surface area contributed by atoms with Crippen molar-refractivity contribution in [1.82, 2.24) is 14.9 Å². The molecule has 9 nitrogen and oxygen atoms in total. The molecule has 2 aromatic rings. The fourth-order valence-electron chi connectivity index (χ4n) is 2.53. The van der Waals surface area contributed by atoms with Crippen molar-refractivity contribution in [2.45, 2.75) is 6.92 Å². The number of nitrogens with zero attached hydrogens (tertiary/aromatic N) is 4. The van der Waals surface area contributed by atoms with Gasteiger partial charge in [0.05, 0.1) is 6.61 Å². The Kier molecular flexibility index (Phi) is 5.27. The van der Waals surface area contributed by atoms with E-state index in [1.807, 2.05) is 4.90 Å². The number of esters is 1. The van der Waals surface area contributed by atoms with Gasteiger partial charge in [0, 0.05) is 37.8 Å². The first-order valence-corrected chi connectivity index (χ1v) is 8.40. The van der Waals surface area contributed by atoms with Gasteiger partial charge in [-0.25, -0.2) is 14.6 Å². The zero-order chi connectivity index (χ0) is 18.7. The summed E-state index contributed by atoms with van der Waals surface area (Å²) >= 11 is 6.13. The maximum Gasteiger partial charge on any atom is 0.407 e. The first-order valence-electron chi connectivity index (χ1n) is 8.02. The summed E-state index contributed by atoms with van der Waals surface area (Å²) in [4.78, 5) is 34.1. The van der Waals surface area contributed by atoms with Gasteiger partial charge >= 0.3 is 12.1 Å². The average molecular weight is 381 g/mol. The van der Waals surface area contributed by atoms with E-state index in [9.17, 15) is 9.59 Å². The number of halogens is 1. The third-order valence-electron chi connectivity index (χ3n) is 3.86. The molecule has 0 saturated carbocycles. The number of piperazine rings is 1. The highest BCUT2D eigenvalue weighted by molar-refractivity contribution is 6.31. The smallest absolute Gasteiger partial charge is 0.407 e. The second kappa shape index (κ2) is 7.61. The molecule has 1 amide bonds. The Hall–Kier alpha value is -2.81. The summed E-state index contributed by atoms with van der Waals surface area (Å²) in [6, 6.07) is 2.00. The number of carbonyl (C=O) groups excluding carboxylic acids is 1. The van der Waals surface area contributed by atoms with Gasteiger partial charge in [-0.15, -0.1) is 0 Å². The third-order valence-corrected chi connectivity index (χ3v) is 4.16. The van der Waals surface area contributed by atoms with Crippen LogP contribution in [0, 0.1) is 0 Å². The van der Waals surface area contributed by atoms with E-state index in [1.165, 1.54) is 17.1 Å². The minimum atomic E-state index is -0.936. The van der Waals surface area contributed by atoms with Gasteiger partial charge in [0.2, 0.25) is 5.65 Å². The first-order chi connectivity index (χ1) is 12.5. The lowest BCUT2D eigenvalue weighted by Gasteiger charge is -2.31. The van der Waals surface area contributed by atoms with Crippen molar-refractivity contribution in [3.05, 3.63) is 22.9 Å². The Morgan fingerprint density at radius 2 is 2.08 bits per heavy atom. The summed E-state index contributed by atoms with van der Waals surface area (Å²) in [6.45, 7) is 3.70. The Morgan fingerprint density at radius 1 is 1.35 bits per heavy atom. The summed E-state index contributed by atoms with van der Waals surface area (Å²) in [7, 11) is 0. The molecule has 0 aliphatic carbocycles. The van der Waals surface area contributed by atoms with E-state index in [0.29, 0.717) is 49.0 Å². The summed E-state index contributed by atoms with van der Waals surface area (Å²) in [5.74, 6) is -0.474. The minimum absolute atomic E-state index is 0.189. The van der Waals surface area contributed by atoms with Gasteiger partial charge in [-0.3, -0.25) is 0 Å². The van der Waals surface area contributed by atoms with Crippen molar-refractivity contribution in [3.63, 3.8) is 0 Å². The van der Waals surface area contributed by atoms with Gasteiger partial charge in [0.15, 0.2) is 5.58 Å². The second-order valence-corrected chi connectivity index (χ2v) is 5.89. The molecule has 3 heterocycles. The quantitative estimate of drug-likeness (QED) is 0.488. The van der Waals surface area contributed by atoms with Crippen molar-refractivity contribution < 1.29 is 23.8 Å². The van der Waals surface area contributed by atoms with Crippen LogP contribution in [0.2, 0.25) is 5.15 Å². The molecule has 1 aliphatic rings. The molecular weight excluding hydrogens is 364 g/mol. The van der Waals surface area contributed by atoms with Gasteiger partial charge in [0.25, 0.3) is 6.01 Å². The Balaban J connectivity index is 1.79. The number of ether oxygens (including phenoxy) is 1. The maximum absolute atomic E-state index is 11.4. The van der Waals surface area contributed by atoms with Crippen LogP contribution in [0.1, 0.15) is 12.5 Å². The number of aromatic nitrogens is 2. The molecule has 1 fully saturated rings. The highest BCUT2D eigenvalue weighted by atomic mass is 35.5. The number of hydrogen-bond donors (Lipinski definition) is 1. The van der Waals surface area contributed by atoms with Crippen molar-refractivity contribution in [2.75, 3.05) is 37.7 Å². The van der Waals surface area contributed by atoms with E-state index in [-0.39, 0.29) is 11.8 Å². The number of fused-ring (bicyclic) bond motifs is 1. The maximum atomic E-state index is 11.4. The minimum Gasteiger partial charge on any atom is -0.465 e. The SMILES string of the molecule is CCOC(=O)/C=C/c1cc2oc(N3CCN(C(=O)O)CC3)nc2nc1Cl. The van der Waals surface area contributed by atoms with Gasteiger partial charge in [-0.2, -0.15) is 4.98 Å². The van der Waals surface area contributed by atoms with Crippen LogP contribution in [-0.4, -0.2) is 64.8 Å². The zero-order valence-corrected chi connectivity index (χ0v) is 14.8. The Bertz CT molecular complexity index is 858. The molecule has 0 radical (unpaired) electrons. The average Bonchev–Trinajstić information content (AvgIpc) is 3.02. The molecule has 0 spiro atoms. The summed E-state index contributed by atoms with van der Waals surface area (Å²) < 4.78 is 10.6. The van der Waals surface area contributed by atoms with Crippen LogP contribution < -0.4 is 4.90 Å². The van der Waals surface area contributed by atoms with E-state index in [0.717, 1.165) is 0 Å². The van der Waals surface area contributed by atoms with Gasteiger partial charge in [-0.1, -0.05) is 11.6 Å². The molecule has 0 bridgehead atoms. The molecule has 3 rings (SSSR count). The van der Waals surface area contributed by atoms with Crippen LogP contribution in [0.25, 0.3) is 17.3 Å². The van der Waals surface area contributed by atoms with Crippen molar-refractivity contribution in [2.24, 2.45) is 0 Å².